The second kappa shape index (κ2) is 3.49. The maximum Gasteiger partial charge on any atom is 0.0895 e. The Bertz CT molecular complexity index is 411. The molecule has 0 radical (unpaired) electrons. The van der Waals surface area contributed by atoms with Crippen molar-refractivity contribution in [2.75, 3.05) is 5.23 Å². The molecule has 0 spiro atoms. The first-order valence-electron chi connectivity index (χ1n) is 4.03. The van der Waals surface area contributed by atoms with Crippen molar-refractivity contribution in [1.29, 1.82) is 0 Å². The zero-order valence-electron chi connectivity index (χ0n) is 7.24. The highest BCUT2D eigenvalue weighted by molar-refractivity contribution is 5.42. The molecule has 0 aliphatic heterocycles. The van der Waals surface area contributed by atoms with Crippen molar-refractivity contribution in [2.45, 2.75) is 0 Å². The molecule has 0 aliphatic carbocycles. The lowest BCUT2D eigenvalue weighted by molar-refractivity contribution is 0.296. The van der Waals surface area contributed by atoms with Gasteiger partial charge in [0.25, 0.3) is 0 Å². The van der Waals surface area contributed by atoms with Crippen molar-refractivity contribution >= 4 is 5.69 Å². The van der Waals surface area contributed by atoms with Gasteiger partial charge in [0.1, 0.15) is 0 Å². The van der Waals surface area contributed by atoms with Gasteiger partial charge < -0.3 is 10.4 Å². The summed E-state index contributed by atoms with van der Waals surface area (Å²) < 4.78 is 1.51. The van der Waals surface area contributed by atoms with Gasteiger partial charge in [0.2, 0.25) is 0 Å². The molecule has 1 N–H and O–H groups in total. The quantitative estimate of drug-likeness (QED) is 0.730. The Morgan fingerprint density at radius 1 is 1.29 bits per heavy atom. The van der Waals surface area contributed by atoms with Gasteiger partial charge in [-0.2, -0.15) is 5.10 Å². The van der Waals surface area contributed by atoms with E-state index in [2.05, 4.69) is 5.10 Å². The second-order valence-electron chi connectivity index (χ2n) is 2.75. The lowest BCUT2D eigenvalue weighted by Gasteiger charge is -2.18. The maximum absolute atomic E-state index is 10.5. The Labute approximate surface area is 80.4 Å². The third-order valence-corrected chi connectivity index (χ3v) is 1.81. The van der Waals surface area contributed by atoms with E-state index in [1.54, 1.807) is 0 Å². The normalized spacial score (nSPS) is 10.1. The van der Waals surface area contributed by atoms with Gasteiger partial charge in [-0.25, -0.2) is 4.68 Å². The molecule has 14 heavy (non-hydrogen) atoms. The number of para-hydroxylation sites is 1. The third kappa shape index (κ3) is 1.59. The smallest absolute Gasteiger partial charge is 0.0895 e. The van der Waals surface area contributed by atoms with E-state index in [0.29, 0.717) is 0 Å². The summed E-state index contributed by atoms with van der Waals surface area (Å²) >= 11 is 0. The molecule has 0 atom stereocenters. The van der Waals surface area contributed by atoms with Crippen molar-refractivity contribution in [3.8, 4) is 5.69 Å². The topological polar surface area (TPSA) is 64.3 Å². The monoisotopic (exact) mass is 190 g/mol. The molecule has 1 aromatic carbocycles. The largest absolute Gasteiger partial charge is 0.733 e. The van der Waals surface area contributed by atoms with E-state index in [-0.39, 0.29) is 10.9 Å². The fourth-order valence-corrected chi connectivity index (χ4v) is 1.13. The van der Waals surface area contributed by atoms with E-state index in [0.717, 1.165) is 5.69 Å². The average Bonchev–Trinajstić information content (AvgIpc) is 2.68. The minimum atomic E-state index is -0.216. The molecular formula is C9H8N3O2-. The van der Waals surface area contributed by atoms with Crippen LogP contribution < -0.4 is 5.23 Å². The number of anilines is 1. The van der Waals surface area contributed by atoms with Crippen LogP contribution in [-0.4, -0.2) is 15.0 Å². The summed E-state index contributed by atoms with van der Waals surface area (Å²) in [5.74, 6) is 0. The van der Waals surface area contributed by atoms with Crippen LogP contribution in [0.1, 0.15) is 0 Å². The first-order chi connectivity index (χ1) is 6.77. The van der Waals surface area contributed by atoms with Crippen LogP contribution >= 0.6 is 0 Å². The Morgan fingerprint density at radius 2 is 2.00 bits per heavy atom. The summed E-state index contributed by atoms with van der Waals surface area (Å²) in [6, 6.07) is 9.32. The van der Waals surface area contributed by atoms with Crippen molar-refractivity contribution in [2.24, 2.45) is 0 Å². The summed E-state index contributed by atoms with van der Waals surface area (Å²) in [4.78, 5) is 0. The predicted octanol–water partition coefficient (Wildman–Crippen LogP) is 1.57. The molecule has 72 valence electrons. The Balaban J connectivity index is 2.34. The van der Waals surface area contributed by atoms with Crippen molar-refractivity contribution in [3.05, 3.63) is 47.9 Å². The van der Waals surface area contributed by atoms with Crippen LogP contribution in [0, 0.1) is 5.21 Å². The van der Waals surface area contributed by atoms with Gasteiger partial charge >= 0.3 is 0 Å². The molecule has 2 aromatic rings. The summed E-state index contributed by atoms with van der Waals surface area (Å²) in [6.07, 6.45) is 2.74. The Morgan fingerprint density at radius 3 is 2.57 bits per heavy atom. The van der Waals surface area contributed by atoms with E-state index in [1.165, 1.54) is 17.1 Å². The zero-order valence-corrected chi connectivity index (χ0v) is 7.24. The van der Waals surface area contributed by atoms with Crippen LogP contribution in [0.25, 0.3) is 5.69 Å². The highest BCUT2D eigenvalue weighted by Crippen LogP contribution is 2.13. The molecule has 1 heterocycles. The first kappa shape index (κ1) is 8.74. The summed E-state index contributed by atoms with van der Waals surface area (Å²) in [7, 11) is 0. The number of rotatable bonds is 2. The van der Waals surface area contributed by atoms with E-state index in [4.69, 9.17) is 5.21 Å². The predicted molar refractivity (Wildman–Crippen MR) is 51.2 cm³/mol. The van der Waals surface area contributed by atoms with Gasteiger partial charge in [-0.1, -0.05) is 18.2 Å². The minimum Gasteiger partial charge on any atom is -0.733 e. The van der Waals surface area contributed by atoms with E-state index < -0.39 is 0 Å². The number of hydrogen-bond acceptors (Lipinski definition) is 4. The Kier molecular flexibility index (Phi) is 2.18. The van der Waals surface area contributed by atoms with Gasteiger partial charge in [-0.3, -0.25) is 5.21 Å². The molecule has 0 bridgehead atoms. The summed E-state index contributed by atoms with van der Waals surface area (Å²) in [5.41, 5.74) is 0.939. The average molecular weight is 190 g/mol. The third-order valence-electron chi connectivity index (χ3n) is 1.81. The molecular weight excluding hydrogens is 182 g/mol. The van der Waals surface area contributed by atoms with E-state index in [9.17, 15) is 5.21 Å². The van der Waals surface area contributed by atoms with Crippen molar-refractivity contribution in [3.63, 3.8) is 0 Å². The maximum atomic E-state index is 10.5. The molecule has 0 unspecified atom stereocenters. The van der Waals surface area contributed by atoms with Crippen LogP contribution in [0.4, 0.5) is 5.69 Å². The second-order valence-corrected chi connectivity index (χ2v) is 2.75. The molecule has 0 fully saturated rings. The lowest BCUT2D eigenvalue weighted by atomic mass is 10.3. The number of benzene rings is 1. The van der Waals surface area contributed by atoms with Crippen LogP contribution in [0.2, 0.25) is 0 Å². The standard InChI is InChI=1S/C9H8N3O2/c13-12(14)9-6-10-11(7-9)8-4-2-1-3-5-8/h1-7,13H/q-1. The SMILES string of the molecule is [O-]N(O)c1cnn(-c2ccccc2)c1. The molecule has 2 rings (SSSR count). The highest BCUT2D eigenvalue weighted by atomic mass is 16.8. The summed E-state index contributed by atoms with van der Waals surface area (Å²) in [6.45, 7) is 0. The molecule has 5 nitrogen and oxygen atoms in total. The summed E-state index contributed by atoms with van der Waals surface area (Å²) in [5, 5.41) is 22.8. The van der Waals surface area contributed by atoms with Crippen LogP contribution in [0.15, 0.2) is 42.7 Å². The first-order valence-corrected chi connectivity index (χ1v) is 4.03. The van der Waals surface area contributed by atoms with Crippen molar-refractivity contribution < 1.29 is 5.21 Å². The number of hydrogen-bond donors (Lipinski definition) is 1. The fourth-order valence-electron chi connectivity index (χ4n) is 1.13. The van der Waals surface area contributed by atoms with Gasteiger partial charge in [-0.15, -0.1) is 0 Å². The van der Waals surface area contributed by atoms with Gasteiger partial charge in [-0.05, 0) is 12.1 Å². The van der Waals surface area contributed by atoms with Gasteiger partial charge in [0.15, 0.2) is 0 Å². The van der Waals surface area contributed by atoms with E-state index in [1.807, 2.05) is 30.3 Å². The Hall–Kier alpha value is -1.85. The minimum absolute atomic E-state index is 0.105. The molecule has 1 aromatic heterocycles. The van der Waals surface area contributed by atoms with Crippen LogP contribution in [0.5, 0.6) is 0 Å². The molecule has 0 aliphatic rings. The van der Waals surface area contributed by atoms with Gasteiger partial charge in [0, 0.05) is 0 Å². The van der Waals surface area contributed by atoms with Gasteiger partial charge in [0.05, 0.1) is 23.8 Å². The highest BCUT2D eigenvalue weighted by Gasteiger charge is 1.99. The van der Waals surface area contributed by atoms with Crippen molar-refractivity contribution in [1.82, 2.24) is 9.78 Å². The number of aromatic nitrogens is 2. The van der Waals surface area contributed by atoms with E-state index >= 15 is 0 Å². The fraction of sp³-hybridized carbons (Fsp3) is 0. The zero-order chi connectivity index (χ0) is 9.97. The lowest BCUT2D eigenvalue weighted by Crippen LogP contribution is -2.05. The van der Waals surface area contributed by atoms with Crippen LogP contribution in [-0.2, 0) is 0 Å². The molecule has 5 heteroatoms. The number of nitrogens with zero attached hydrogens (tertiary/aromatic N) is 3. The molecule has 0 amide bonds. The van der Waals surface area contributed by atoms with Crippen LogP contribution in [0.3, 0.4) is 0 Å². The molecule has 0 saturated carbocycles. The molecule has 0 saturated heterocycles.